The van der Waals surface area contributed by atoms with Crippen LogP contribution in [0.2, 0.25) is 0 Å². The van der Waals surface area contributed by atoms with E-state index in [-0.39, 0.29) is 0 Å². The van der Waals surface area contributed by atoms with Crippen LogP contribution in [0.15, 0.2) is 48.5 Å². The molecule has 0 bridgehead atoms. The second-order valence-electron chi connectivity index (χ2n) is 9.31. The van der Waals surface area contributed by atoms with Gasteiger partial charge in [-0.2, -0.15) is 0 Å². The molecule has 0 spiro atoms. The molecule has 6 nitrogen and oxygen atoms in total. The lowest BCUT2D eigenvalue weighted by Crippen LogP contribution is -2.58. The summed E-state index contributed by atoms with van der Waals surface area (Å²) in [7, 11) is 0. The van der Waals surface area contributed by atoms with Crippen LogP contribution in [0.25, 0.3) is 0 Å². The highest BCUT2D eigenvalue weighted by Crippen LogP contribution is 2.39. The van der Waals surface area contributed by atoms with Gasteiger partial charge in [0.2, 0.25) is 0 Å². The number of fused-ring (bicyclic) bond motifs is 1. The SMILES string of the molecule is CCCCc1ccc(C2OC[C@@H]3OC(c4ccc(CCCC)cc4)O[C@H]([C@H](O)CO)[C@@H]3O2)cc1. The quantitative estimate of drug-likeness (QED) is 0.528. The van der Waals surface area contributed by atoms with Gasteiger partial charge in [-0.3, -0.25) is 0 Å². The fourth-order valence-corrected chi connectivity index (χ4v) is 4.55. The van der Waals surface area contributed by atoms with Crippen LogP contribution in [-0.2, 0) is 31.8 Å². The molecular formula is C28H38O6. The lowest BCUT2D eigenvalue weighted by molar-refractivity contribution is -0.373. The minimum atomic E-state index is -1.09. The smallest absolute Gasteiger partial charge is 0.184 e. The summed E-state index contributed by atoms with van der Waals surface area (Å²) in [4.78, 5) is 0. The van der Waals surface area contributed by atoms with E-state index in [1.807, 2.05) is 24.3 Å². The van der Waals surface area contributed by atoms with Gasteiger partial charge < -0.3 is 29.2 Å². The molecule has 0 saturated carbocycles. The molecule has 0 aliphatic carbocycles. The van der Waals surface area contributed by atoms with E-state index in [2.05, 4.69) is 38.1 Å². The molecule has 2 N–H and O–H groups in total. The average Bonchev–Trinajstić information content (AvgIpc) is 2.90. The van der Waals surface area contributed by atoms with E-state index in [4.69, 9.17) is 18.9 Å². The number of hydrogen-bond acceptors (Lipinski definition) is 6. The van der Waals surface area contributed by atoms with Crippen molar-refractivity contribution in [1.82, 2.24) is 0 Å². The van der Waals surface area contributed by atoms with Gasteiger partial charge in [0.05, 0.1) is 13.2 Å². The molecule has 4 rings (SSSR count). The Labute approximate surface area is 202 Å². The number of rotatable bonds is 10. The predicted octanol–water partition coefficient (Wildman–Crippen LogP) is 4.62. The van der Waals surface area contributed by atoms with Crippen LogP contribution in [0.3, 0.4) is 0 Å². The number of aliphatic hydroxyl groups excluding tert-OH is 2. The zero-order valence-corrected chi connectivity index (χ0v) is 20.3. The summed E-state index contributed by atoms with van der Waals surface area (Å²) in [5.74, 6) is 0. The Kier molecular flexibility index (Phi) is 9.11. The molecule has 0 amide bonds. The van der Waals surface area contributed by atoms with Crippen LogP contribution in [0.5, 0.6) is 0 Å². The molecule has 2 heterocycles. The summed E-state index contributed by atoms with van der Waals surface area (Å²) in [5, 5.41) is 20.2. The van der Waals surface area contributed by atoms with Crippen molar-refractivity contribution in [3.63, 3.8) is 0 Å². The fraction of sp³-hybridized carbons (Fsp3) is 0.571. The van der Waals surface area contributed by atoms with Gasteiger partial charge in [-0.15, -0.1) is 0 Å². The zero-order valence-electron chi connectivity index (χ0n) is 20.3. The Hall–Kier alpha value is -1.80. The van der Waals surface area contributed by atoms with Crippen LogP contribution in [0.4, 0.5) is 0 Å². The Morgan fingerprint density at radius 3 is 1.88 bits per heavy atom. The summed E-state index contributed by atoms with van der Waals surface area (Å²) in [6.45, 7) is 4.27. The van der Waals surface area contributed by atoms with Gasteiger partial charge in [0.15, 0.2) is 12.6 Å². The standard InChI is InChI=1S/C28H38O6/c1-3-5-7-19-9-13-21(14-10-19)27-31-18-24-26(34-27)25(23(30)17-29)33-28(32-24)22-15-11-20(12-16-22)8-6-4-2/h9-16,23-30H,3-8,17-18H2,1-2H3/t23-,24+,25-,26-,27?,28?/m1/s1. The Morgan fingerprint density at radius 2 is 1.35 bits per heavy atom. The molecule has 6 atom stereocenters. The lowest BCUT2D eigenvalue weighted by atomic mass is 9.99. The molecule has 2 unspecified atom stereocenters. The van der Waals surface area contributed by atoms with E-state index in [0.29, 0.717) is 6.61 Å². The van der Waals surface area contributed by atoms with Gasteiger partial charge in [0.25, 0.3) is 0 Å². The van der Waals surface area contributed by atoms with Crippen molar-refractivity contribution >= 4 is 0 Å². The second kappa shape index (κ2) is 12.2. The molecule has 2 aromatic rings. The molecule has 6 heteroatoms. The number of ether oxygens (including phenoxy) is 4. The third-order valence-corrected chi connectivity index (χ3v) is 6.67. The molecule has 186 valence electrons. The predicted molar refractivity (Wildman–Crippen MR) is 129 cm³/mol. The van der Waals surface area contributed by atoms with E-state index in [1.54, 1.807) is 0 Å². The van der Waals surface area contributed by atoms with Crippen LogP contribution < -0.4 is 0 Å². The number of aliphatic hydroxyl groups is 2. The van der Waals surface area contributed by atoms with Crippen molar-refractivity contribution in [3.8, 4) is 0 Å². The zero-order chi connectivity index (χ0) is 23.9. The normalized spacial score (nSPS) is 27.8. The van der Waals surface area contributed by atoms with Crippen LogP contribution in [-0.4, -0.2) is 47.8 Å². The van der Waals surface area contributed by atoms with Gasteiger partial charge in [0, 0.05) is 11.1 Å². The molecule has 2 saturated heterocycles. The molecule has 2 fully saturated rings. The third-order valence-electron chi connectivity index (χ3n) is 6.67. The highest BCUT2D eigenvalue weighted by atomic mass is 16.8. The van der Waals surface area contributed by atoms with Crippen molar-refractivity contribution in [2.45, 2.75) is 89.4 Å². The van der Waals surface area contributed by atoms with Crippen LogP contribution in [0, 0.1) is 0 Å². The minimum absolute atomic E-state index is 0.315. The fourth-order valence-electron chi connectivity index (χ4n) is 4.55. The van der Waals surface area contributed by atoms with E-state index in [9.17, 15) is 10.2 Å². The largest absolute Gasteiger partial charge is 0.394 e. The van der Waals surface area contributed by atoms with Gasteiger partial charge >= 0.3 is 0 Å². The highest BCUT2D eigenvalue weighted by Gasteiger charge is 2.48. The van der Waals surface area contributed by atoms with E-state index in [1.165, 1.54) is 11.1 Å². The van der Waals surface area contributed by atoms with E-state index >= 15 is 0 Å². The first-order valence-corrected chi connectivity index (χ1v) is 12.7. The molecule has 2 aromatic carbocycles. The topological polar surface area (TPSA) is 77.4 Å². The van der Waals surface area contributed by atoms with Crippen molar-refractivity contribution in [1.29, 1.82) is 0 Å². The van der Waals surface area contributed by atoms with E-state index in [0.717, 1.165) is 49.7 Å². The van der Waals surface area contributed by atoms with Crippen molar-refractivity contribution in [2.24, 2.45) is 0 Å². The van der Waals surface area contributed by atoms with Crippen molar-refractivity contribution in [2.75, 3.05) is 13.2 Å². The van der Waals surface area contributed by atoms with Crippen molar-refractivity contribution < 1.29 is 29.2 Å². The molecule has 34 heavy (non-hydrogen) atoms. The number of unbranched alkanes of at least 4 members (excludes halogenated alkanes) is 2. The first-order chi connectivity index (χ1) is 16.6. The molecule has 2 aliphatic rings. The lowest BCUT2D eigenvalue weighted by Gasteiger charge is -2.47. The third kappa shape index (κ3) is 6.06. The monoisotopic (exact) mass is 470 g/mol. The minimum Gasteiger partial charge on any atom is -0.394 e. The number of hydrogen-bond donors (Lipinski definition) is 2. The summed E-state index contributed by atoms with van der Waals surface area (Å²) >= 11 is 0. The maximum Gasteiger partial charge on any atom is 0.184 e. The highest BCUT2D eigenvalue weighted by molar-refractivity contribution is 5.25. The van der Waals surface area contributed by atoms with Crippen molar-refractivity contribution in [3.05, 3.63) is 70.8 Å². The average molecular weight is 471 g/mol. The maximum absolute atomic E-state index is 10.6. The number of benzene rings is 2. The van der Waals surface area contributed by atoms with Gasteiger partial charge in [-0.25, -0.2) is 0 Å². The Bertz CT molecular complexity index is 865. The molecule has 2 aliphatic heterocycles. The number of aryl methyl sites for hydroxylation is 2. The van der Waals surface area contributed by atoms with Gasteiger partial charge in [0.1, 0.15) is 24.4 Å². The molecular weight excluding hydrogens is 432 g/mol. The summed E-state index contributed by atoms with van der Waals surface area (Å²) in [6, 6.07) is 16.5. The van der Waals surface area contributed by atoms with Gasteiger partial charge in [-0.05, 0) is 36.8 Å². The van der Waals surface area contributed by atoms with Gasteiger partial charge in [-0.1, -0.05) is 75.2 Å². The summed E-state index contributed by atoms with van der Waals surface area (Å²) < 4.78 is 24.6. The maximum atomic E-state index is 10.6. The second-order valence-corrected chi connectivity index (χ2v) is 9.31. The Balaban J connectivity index is 1.45. The summed E-state index contributed by atoms with van der Waals surface area (Å²) in [6.07, 6.45) is 2.73. The Morgan fingerprint density at radius 1 is 0.794 bits per heavy atom. The summed E-state index contributed by atoms with van der Waals surface area (Å²) in [5.41, 5.74) is 4.36. The van der Waals surface area contributed by atoms with Crippen LogP contribution in [0.1, 0.15) is 74.4 Å². The van der Waals surface area contributed by atoms with E-state index < -0.39 is 43.6 Å². The first kappa shape index (κ1) is 25.3. The van der Waals surface area contributed by atoms with Crippen LogP contribution >= 0.6 is 0 Å². The first-order valence-electron chi connectivity index (χ1n) is 12.7. The molecule has 0 aromatic heterocycles. The molecule has 0 radical (unpaired) electrons.